The minimum Gasteiger partial charge on any atom is -0.357 e. The maximum Gasteiger partial charge on any atom is 0.272 e. The van der Waals surface area contributed by atoms with Crippen molar-refractivity contribution < 1.29 is 4.79 Å². The van der Waals surface area contributed by atoms with Gasteiger partial charge in [-0.3, -0.25) is 9.69 Å². The molecule has 6 heteroatoms. The molecule has 0 unspecified atom stereocenters. The number of hydrogen-bond acceptors (Lipinski definition) is 5. The van der Waals surface area contributed by atoms with E-state index in [1.54, 1.807) is 0 Å². The molecule has 144 valence electrons. The van der Waals surface area contributed by atoms with Gasteiger partial charge in [-0.2, -0.15) is 0 Å². The largest absolute Gasteiger partial charge is 0.357 e. The Bertz CT molecular complexity index is 752. The molecular formula is C21H29N5O. The molecule has 1 amide bonds. The molecule has 2 aromatic rings. The molecule has 1 aliphatic rings. The first kappa shape index (κ1) is 19.3. The minimum absolute atomic E-state index is 0.00765. The summed E-state index contributed by atoms with van der Waals surface area (Å²) < 4.78 is 0. The van der Waals surface area contributed by atoms with Crippen LogP contribution >= 0.6 is 0 Å². The van der Waals surface area contributed by atoms with Crippen LogP contribution in [-0.4, -0.2) is 64.9 Å². The first-order valence-corrected chi connectivity index (χ1v) is 9.77. The summed E-state index contributed by atoms with van der Waals surface area (Å²) in [5.74, 6) is 1.48. The van der Waals surface area contributed by atoms with Crippen molar-refractivity contribution in [1.29, 1.82) is 0 Å². The number of aryl methyl sites for hydroxylation is 1. The van der Waals surface area contributed by atoms with Crippen LogP contribution in [0.15, 0.2) is 36.4 Å². The van der Waals surface area contributed by atoms with Crippen LogP contribution in [0.5, 0.6) is 0 Å². The highest BCUT2D eigenvalue weighted by molar-refractivity contribution is 5.93. The topological polar surface area (TPSA) is 52.6 Å². The van der Waals surface area contributed by atoms with Crippen molar-refractivity contribution >= 4 is 11.7 Å². The monoisotopic (exact) mass is 367 g/mol. The van der Waals surface area contributed by atoms with E-state index in [1.165, 1.54) is 5.56 Å². The van der Waals surface area contributed by atoms with Crippen LogP contribution in [-0.2, 0) is 6.54 Å². The molecule has 1 saturated heterocycles. The molecule has 1 aromatic carbocycles. The molecule has 27 heavy (non-hydrogen) atoms. The zero-order valence-electron chi connectivity index (χ0n) is 16.6. The number of hydrogen-bond donors (Lipinski definition) is 0. The standard InChI is InChI=1S/C21H29N5O/c1-4-25(5-2)20-15-19(22-17(3)23-20)21(27)26-13-11-24(12-14-26)16-18-9-7-6-8-10-18/h6-10,15H,4-5,11-14,16H2,1-3H3. The van der Waals surface area contributed by atoms with Crippen molar-refractivity contribution in [3.63, 3.8) is 0 Å². The van der Waals surface area contributed by atoms with E-state index in [9.17, 15) is 4.79 Å². The van der Waals surface area contributed by atoms with E-state index in [0.29, 0.717) is 11.5 Å². The summed E-state index contributed by atoms with van der Waals surface area (Å²) in [4.78, 5) is 28.3. The summed E-state index contributed by atoms with van der Waals surface area (Å²) in [6.07, 6.45) is 0. The Morgan fingerprint density at radius 1 is 1.04 bits per heavy atom. The second-order valence-electron chi connectivity index (χ2n) is 6.88. The fourth-order valence-corrected chi connectivity index (χ4v) is 3.48. The van der Waals surface area contributed by atoms with Crippen molar-refractivity contribution in [2.45, 2.75) is 27.3 Å². The molecule has 3 rings (SSSR count). The van der Waals surface area contributed by atoms with Crippen LogP contribution < -0.4 is 4.90 Å². The Morgan fingerprint density at radius 2 is 1.70 bits per heavy atom. The van der Waals surface area contributed by atoms with Gasteiger partial charge in [0.05, 0.1) is 0 Å². The number of rotatable bonds is 6. The highest BCUT2D eigenvalue weighted by Gasteiger charge is 2.24. The van der Waals surface area contributed by atoms with Gasteiger partial charge in [-0.15, -0.1) is 0 Å². The first-order chi connectivity index (χ1) is 13.1. The van der Waals surface area contributed by atoms with E-state index in [2.05, 4.69) is 57.9 Å². The van der Waals surface area contributed by atoms with Gasteiger partial charge in [-0.25, -0.2) is 9.97 Å². The highest BCUT2D eigenvalue weighted by atomic mass is 16.2. The molecule has 1 aliphatic heterocycles. The number of carbonyl (C=O) groups is 1. The molecule has 0 saturated carbocycles. The van der Waals surface area contributed by atoms with Crippen LogP contribution in [0, 0.1) is 6.92 Å². The summed E-state index contributed by atoms with van der Waals surface area (Å²) in [5, 5.41) is 0. The summed E-state index contributed by atoms with van der Waals surface area (Å²) in [6.45, 7) is 11.9. The Kier molecular flexibility index (Phi) is 6.40. The normalized spacial score (nSPS) is 15.0. The third-order valence-corrected chi connectivity index (χ3v) is 5.04. The number of benzene rings is 1. The fourth-order valence-electron chi connectivity index (χ4n) is 3.48. The highest BCUT2D eigenvalue weighted by Crippen LogP contribution is 2.16. The van der Waals surface area contributed by atoms with Gasteiger partial charge < -0.3 is 9.80 Å². The summed E-state index contributed by atoms with van der Waals surface area (Å²) in [6, 6.07) is 12.3. The zero-order chi connectivity index (χ0) is 19.2. The van der Waals surface area contributed by atoms with Crippen molar-refractivity contribution in [1.82, 2.24) is 19.8 Å². The maximum absolute atomic E-state index is 13.0. The van der Waals surface area contributed by atoms with Gasteiger partial charge in [0.2, 0.25) is 0 Å². The lowest BCUT2D eigenvalue weighted by Crippen LogP contribution is -2.48. The number of aromatic nitrogens is 2. The third-order valence-electron chi connectivity index (χ3n) is 5.04. The Labute approximate surface area is 161 Å². The van der Waals surface area contributed by atoms with E-state index in [0.717, 1.165) is 51.6 Å². The number of anilines is 1. The molecule has 1 fully saturated rings. The van der Waals surface area contributed by atoms with E-state index >= 15 is 0 Å². The van der Waals surface area contributed by atoms with Crippen LogP contribution in [0.1, 0.15) is 35.7 Å². The van der Waals surface area contributed by atoms with Gasteiger partial charge in [-0.05, 0) is 26.3 Å². The van der Waals surface area contributed by atoms with Crippen LogP contribution in [0.3, 0.4) is 0 Å². The smallest absolute Gasteiger partial charge is 0.272 e. The minimum atomic E-state index is 0.00765. The van der Waals surface area contributed by atoms with Gasteiger partial charge in [-0.1, -0.05) is 30.3 Å². The molecule has 0 N–H and O–H groups in total. The molecule has 0 atom stereocenters. The molecular weight excluding hydrogens is 338 g/mol. The van der Waals surface area contributed by atoms with Gasteiger partial charge >= 0.3 is 0 Å². The summed E-state index contributed by atoms with van der Waals surface area (Å²) in [5.41, 5.74) is 1.81. The Morgan fingerprint density at radius 3 is 2.33 bits per heavy atom. The molecule has 2 heterocycles. The fraction of sp³-hybridized carbons (Fsp3) is 0.476. The van der Waals surface area contributed by atoms with E-state index in [4.69, 9.17) is 0 Å². The van der Waals surface area contributed by atoms with Gasteiger partial charge in [0, 0.05) is 51.9 Å². The predicted molar refractivity (Wildman–Crippen MR) is 108 cm³/mol. The SMILES string of the molecule is CCN(CC)c1cc(C(=O)N2CCN(Cc3ccccc3)CC2)nc(C)n1. The van der Waals surface area contributed by atoms with Gasteiger partial charge in [0.15, 0.2) is 0 Å². The molecule has 6 nitrogen and oxygen atoms in total. The van der Waals surface area contributed by atoms with Crippen LogP contribution in [0.25, 0.3) is 0 Å². The lowest BCUT2D eigenvalue weighted by Gasteiger charge is -2.34. The van der Waals surface area contributed by atoms with Crippen molar-refractivity contribution in [3.8, 4) is 0 Å². The molecule has 0 radical (unpaired) electrons. The lowest BCUT2D eigenvalue weighted by molar-refractivity contribution is 0.0622. The zero-order valence-corrected chi connectivity index (χ0v) is 16.6. The van der Waals surface area contributed by atoms with Crippen LogP contribution in [0.4, 0.5) is 5.82 Å². The average molecular weight is 367 g/mol. The van der Waals surface area contributed by atoms with Gasteiger partial charge in [0.25, 0.3) is 5.91 Å². The number of piperazine rings is 1. The van der Waals surface area contributed by atoms with Crippen molar-refractivity contribution in [2.75, 3.05) is 44.2 Å². The second kappa shape index (κ2) is 8.95. The molecule has 0 bridgehead atoms. The Balaban J connectivity index is 1.64. The molecule has 0 spiro atoms. The average Bonchev–Trinajstić information content (AvgIpc) is 2.69. The summed E-state index contributed by atoms with van der Waals surface area (Å²) in [7, 11) is 0. The van der Waals surface area contributed by atoms with E-state index < -0.39 is 0 Å². The molecule has 0 aliphatic carbocycles. The maximum atomic E-state index is 13.0. The van der Waals surface area contributed by atoms with Crippen molar-refractivity contribution in [2.24, 2.45) is 0 Å². The number of carbonyl (C=O) groups excluding carboxylic acids is 1. The predicted octanol–water partition coefficient (Wildman–Crippen LogP) is 2.59. The third kappa shape index (κ3) is 4.83. The van der Waals surface area contributed by atoms with E-state index in [1.807, 2.05) is 24.0 Å². The lowest BCUT2D eigenvalue weighted by atomic mass is 10.2. The van der Waals surface area contributed by atoms with Gasteiger partial charge in [0.1, 0.15) is 17.3 Å². The van der Waals surface area contributed by atoms with Crippen molar-refractivity contribution in [3.05, 3.63) is 53.5 Å². The quantitative estimate of drug-likeness (QED) is 0.785. The number of nitrogens with zero attached hydrogens (tertiary/aromatic N) is 5. The number of amides is 1. The summed E-state index contributed by atoms with van der Waals surface area (Å²) >= 11 is 0. The van der Waals surface area contributed by atoms with Crippen LogP contribution in [0.2, 0.25) is 0 Å². The first-order valence-electron chi connectivity index (χ1n) is 9.77. The Hall–Kier alpha value is -2.47. The van der Waals surface area contributed by atoms with E-state index in [-0.39, 0.29) is 5.91 Å². The second-order valence-corrected chi connectivity index (χ2v) is 6.88. The molecule has 1 aromatic heterocycles.